The number of nitrogens with zero attached hydrogens (tertiary/aromatic N) is 5. The SMILES string of the molecule is CC1CN(c2cccc(-c3n[nH]c4nccnc34)n2)CCN1. The van der Waals surface area contributed by atoms with Crippen LogP contribution in [0.5, 0.6) is 0 Å². The van der Waals surface area contributed by atoms with Crippen LogP contribution in [0.25, 0.3) is 22.6 Å². The van der Waals surface area contributed by atoms with Gasteiger partial charge in [-0.05, 0) is 19.1 Å². The van der Waals surface area contributed by atoms with E-state index in [1.54, 1.807) is 12.4 Å². The minimum Gasteiger partial charge on any atom is -0.354 e. The molecule has 0 saturated carbocycles. The number of rotatable bonds is 2. The third-order valence-corrected chi connectivity index (χ3v) is 3.87. The predicted octanol–water partition coefficient (Wildman–Crippen LogP) is 1.21. The highest BCUT2D eigenvalue weighted by Gasteiger charge is 2.18. The Hall–Kier alpha value is -2.54. The topological polar surface area (TPSA) is 82.6 Å². The maximum Gasteiger partial charge on any atom is 0.174 e. The van der Waals surface area contributed by atoms with Crippen LogP contribution in [-0.2, 0) is 0 Å². The quantitative estimate of drug-likeness (QED) is 0.739. The molecule has 3 aromatic heterocycles. The molecule has 7 nitrogen and oxygen atoms in total. The summed E-state index contributed by atoms with van der Waals surface area (Å²) in [5.74, 6) is 0.978. The molecule has 7 heteroatoms. The van der Waals surface area contributed by atoms with Gasteiger partial charge in [0.25, 0.3) is 0 Å². The van der Waals surface area contributed by atoms with E-state index in [0.29, 0.717) is 11.7 Å². The van der Waals surface area contributed by atoms with Gasteiger partial charge in [0.2, 0.25) is 0 Å². The molecule has 1 fully saturated rings. The lowest BCUT2D eigenvalue weighted by molar-refractivity contribution is 0.482. The third kappa shape index (κ3) is 2.29. The van der Waals surface area contributed by atoms with Crippen molar-refractivity contribution in [2.24, 2.45) is 0 Å². The Bertz CT molecular complexity index is 797. The highest BCUT2D eigenvalue weighted by Crippen LogP contribution is 2.24. The first-order chi connectivity index (χ1) is 10.8. The van der Waals surface area contributed by atoms with Crippen LogP contribution in [-0.4, -0.2) is 50.8 Å². The van der Waals surface area contributed by atoms with Gasteiger partial charge in [0, 0.05) is 38.1 Å². The van der Waals surface area contributed by atoms with Crippen molar-refractivity contribution in [3.05, 3.63) is 30.6 Å². The molecule has 1 saturated heterocycles. The van der Waals surface area contributed by atoms with Crippen molar-refractivity contribution >= 4 is 17.0 Å². The van der Waals surface area contributed by atoms with E-state index in [2.05, 4.69) is 37.3 Å². The number of aromatic amines is 1. The second-order valence-corrected chi connectivity index (χ2v) is 5.51. The first-order valence-electron chi connectivity index (χ1n) is 7.42. The second kappa shape index (κ2) is 5.34. The lowest BCUT2D eigenvalue weighted by Crippen LogP contribution is -2.49. The first-order valence-corrected chi connectivity index (χ1v) is 7.42. The van der Waals surface area contributed by atoms with E-state index in [-0.39, 0.29) is 0 Å². The van der Waals surface area contributed by atoms with Crippen LogP contribution in [0.15, 0.2) is 30.6 Å². The molecule has 4 heterocycles. The van der Waals surface area contributed by atoms with E-state index in [4.69, 9.17) is 4.98 Å². The molecule has 0 aromatic carbocycles. The van der Waals surface area contributed by atoms with Gasteiger partial charge < -0.3 is 10.2 Å². The minimum atomic E-state index is 0.469. The molecule has 2 N–H and O–H groups in total. The van der Waals surface area contributed by atoms with Crippen LogP contribution in [0.3, 0.4) is 0 Å². The molecule has 1 aliphatic heterocycles. The van der Waals surface area contributed by atoms with Crippen LogP contribution < -0.4 is 10.2 Å². The van der Waals surface area contributed by atoms with Crippen molar-refractivity contribution < 1.29 is 0 Å². The standard InChI is InChI=1S/C15H17N7/c1-10-9-22(8-7-16-10)12-4-2-3-11(19-12)13-14-15(21-20-13)18-6-5-17-14/h2-6,10,16H,7-9H2,1H3,(H,18,20,21). The molecule has 22 heavy (non-hydrogen) atoms. The van der Waals surface area contributed by atoms with Crippen LogP contribution in [0.1, 0.15) is 6.92 Å². The molecule has 112 valence electrons. The van der Waals surface area contributed by atoms with E-state index < -0.39 is 0 Å². The molecule has 1 unspecified atom stereocenters. The zero-order valence-electron chi connectivity index (χ0n) is 12.3. The zero-order chi connectivity index (χ0) is 14.9. The van der Waals surface area contributed by atoms with Crippen molar-refractivity contribution in [2.75, 3.05) is 24.5 Å². The normalized spacial score (nSPS) is 18.8. The second-order valence-electron chi connectivity index (χ2n) is 5.51. The van der Waals surface area contributed by atoms with E-state index in [1.807, 2.05) is 18.2 Å². The molecule has 0 spiro atoms. The summed E-state index contributed by atoms with van der Waals surface area (Å²) in [6, 6.07) is 6.49. The third-order valence-electron chi connectivity index (χ3n) is 3.87. The molecule has 0 amide bonds. The highest BCUT2D eigenvalue weighted by atomic mass is 15.2. The van der Waals surface area contributed by atoms with Gasteiger partial charge in [0.05, 0.1) is 5.69 Å². The van der Waals surface area contributed by atoms with Crippen LogP contribution in [0.2, 0.25) is 0 Å². The Kier molecular flexibility index (Phi) is 3.19. The number of pyridine rings is 1. The van der Waals surface area contributed by atoms with Crippen LogP contribution >= 0.6 is 0 Å². The molecular formula is C15H17N7. The Labute approximate surface area is 127 Å². The van der Waals surface area contributed by atoms with Gasteiger partial charge in [-0.15, -0.1) is 0 Å². The molecule has 3 aromatic rings. The highest BCUT2D eigenvalue weighted by molar-refractivity contribution is 5.85. The van der Waals surface area contributed by atoms with E-state index in [1.165, 1.54) is 0 Å². The smallest absolute Gasteiger partial charge is 0.174 e. The summed E-state index contributed by atoms with van der Waals surface area (Å²) in [4.78, 5) is 15.6. The number of piperazine rings is 1. The fraction of sp³-hybridized carbons (Fsp3) is 0.333. The maximum absolute atomic E-state index is 4.77. The van der Waals surface area contributed by atoms with Gasteiger partial charge in [0.15, 0.2) is 5.65 Å². The fourth-order valence-electron chi connectivity index (χ4n) is 2.81. The van der Waals surface area contributed by atoms with Crippen LogP contribution in [0.4, 0.5) is 5.82 Å². The average Bonchev–Trinajstić information content (AvgIpc) is 2.99. The Morgan fingerprint density at radius 1 is 1.23 bits per heavy atom. The van der Waals surface area contributed by atoms with Gasteiger partial charge in [-0.2, -0.15) is 5.10 Å². The van der Waals surface area contributed by atoms with Gasteiger partial charge in [-0.3, -0.25) is 5.10 Å². The lowest BCUT2D eigenvalue weighted by atomic mass is 10.2. The molecule has 1 aliphatic rings. The van der Waals surface area contributed by atoms with Crippen molar-refractivity contribution in [1.29, 1.82) is 0 Å². The first kappa shape index (κ1) is 13.1. The number of anilines is 1. The molecule has 0 bridgehead atoms. The summed E-state index contributed by atoms with van der Waals surface area (Å²) in [7, 11) is 0. The molecule has 1 atom stereocenters. The van der Waals surface area contributed by atoms with Gasteiger partial charge in [0.1, 0.15) is 17.0 Å². The van der Waals surface area contributed by atoms with E-state index >= 15 is 0 Å². The Morgan fingerprint density at radius 3 is 3.05 bits per heavy atom. The van der Waals surface area contributed by atoms with Crippen molar-refractivity contribution in [1.82, 2.24) is 30.5 Å². The average molecular weight is 295 g/mol. The number of H-pyrrole nitrogens is 1. The number of hydrogen-bond acceptors (Lipinski definition) is 6. The molecular weight excluding hydrogens is 278 g/mol. The minimum absolute atomic E-state index is 0.469. The van der Waals surface area contributed by atoms with Gasteiger partial charge in [-0.1, -0.05) is 6.07 Å². The molecule has 0 radical (unpaired) electrons. The monoisotopic (exact) mass is 295 g/mol. The summed E-state index contributed by atoms with van der Waals surface area (Å²) in [5.41, 5.74) is 2.99. The summed E-state index contributed by atoms with van der Waals surface area (Å²) in [6.07, 6.45) is 3.32. The lowest BCUT2D eigenvalue weighted by Gasteiger charge is -2.32. The van der Waals surface area contributed by atoms with Crippen molar-refractivity contribution in [2.45, 2.75) is 13.0 Å². The van der Waals surface area contributed by atoms with E-state index in [0.717, 1.165) is 42.4 Å². The summed E-state index contributed by atoms with van der Waals surface area (Å²) >= 11 is 0. The summed E-state index contributed by atoms with van der Waals surface area (Å²) in [5, 5.41) is 10.7. The predicted molar refractivity (Wildman–Crippen MR) is 84.6 cm³/mol. The largest absolute Gasteiger partial charge is 0.354 e. The summed E-state index contributed by atoms with van der Waals surface area (Å²) < 4.78 is 0. The number of nitrogens with one attached hydrogen (secondary N) is 2. The van der Waals surface area contributed by atoms with Gasteiger partial charge in [-0.25, -0.2) is 15.0 Å². The van der Waals surface area contributed by atoms with Crippen molar-refractivity contribution in [3.8, 4) is 11.4 Å². The fourth-order valence-corrected chi connectivity index (χ4v) is 2.81. The molecule has 4 rings (SSSR count). The van der Waals surface area contributed by atoms with E-state index in [9.17, 15) is 0 Å². The molecule has 0 aliphatic carbocycles. The number of aromatic nitrogens is 5. The van der Waals surface area contributed by atoms with Crippen molar-refractivity contribution in [3.63, 3.8) is 0 Å². The summed E-state index contributed by atoms with van der Waals surface area (Å²) in [6.45, 7) is 5.08. The number of fused-ring (bicyclic) bond motifs is 1. The Balaban J connectivity index is 1.72. The maximum atomic E-state index is 4.77. The zero-order valence-corrected chi connectivity index (χ0v) is 12.3. The van der Waals surface area contributed by atoms with Gasteiger partial charge >= 0.3 is 0 Å². The number of hydrogen-bond donors (Lipinski definition) is 2. The van der Waals surface area contributed by atoms with Crippen LogP contribution in [0, 0.1) is 0 Å². The Morgan fingerprint density at radius 2 is 2.14 bits per heavy atom.